The Morgan fingerprint density at radius 2 is 1.42 bits per heavy atom. The summed E-state index contributed by atoms with van der Waals surface area (Å²) in [6.45, 7) is 3.51. The van der Waals surface area contributed by atoms with Crippen LogP contribution in [0.15, 0.2) is 64.4 Å². The van der Waals surface area contributed by atoms with Gasteiger partial charge in [-0.15, -0.1) is 0 Å². The molecule has 33 heavy (non-hydrogen) atoms. The molecule has 2 aromatic carbocycles. The lowest BCUT2D eigenvalue weighted by atomic mass is 9.70. The minimum atomic E-state index is -3.73. The number of hydrogen-bond donors (Lipinski definition) is 0. The first-order valence-electron chi connectivity index (χ1n) is 11.9. The van der Waals surface area contributed by atoms with Crippen LogP contribution in [-0.2, 0) is 26.6 Å². The Labute approximate surface area is 198 Å². The molecule has 2 aliphatic rings. The molecule has 1 aliphatic heterocycles. The summed E-state index contributed by atoms with van der Waals surface area (Å²) in [5.41, 5.74) is 1.02. The molecule has 1 saturated heterocycles. The van der Waals surface area contributed by atoms with E-state index in [0.29, 0.717) is 19.6 Å². The van der Waals surface area contributed by atoms with Gasteiger partial charge in [0.25, 0.3) is 0 Å². The van der Waals surface area contributed by atoms with Gasteiger partial charge < -0.3 is 0 Å². The zero-order chi connectivity index (χ0) is 23.5. The van der Waals surface area contributed by atoms with Gasteiger partial charge in [0.1, 0.15) is 0 Å². The van der Waals surface area contributed by atoms with Gasteiger partial charge in [0.15, 0.2) is 0 Å². The number of hydrogen-bond acceptors (Lipinski definition) is 4. The van der Waals surface area contributed by atoms with E-state index in [4.69, 9.17) is 0 Å². The molecule has 2 aromatic rings. The van der Waals surface area contributed by atoms with Crippen LogP contribution in [0.5, 0.6) is 0 Å². The van der Waals surface area contributed by atoms with Crippen LogP contribution in [0, 0.1) is 5.41 Å². The van der Waals surface area contributed by atoms with Crippen molar-refractivity contribution in [3.05, 3.63) is 60.2 Å². The highest BCUT2D eigenvalue weighted by Crippen LogP contribution is 2.44. The molecular formula is C25H34N2O4S2. The highest BCUT2D eigenvalue weighted by atomic mass is 32.2. The maximum Gasteiger partial charge on any atom is 0.243 e. The minimum Gasteiger partial charge on any atom is -0.207 e. The third kappa shape index (κ3) is 5.19. The summed E-state index contributed by atoms with van der Waals surface area (Å²) in [6, 6.07) is 15.2. The second kappa shape index (κ2) is 9.86. The number of rotatable bonds is 7. The molecule has 0 unspecified atom stereocenters. The lowest BCUT2D eigenvalue weighted by Gasteiger charge is -2.44. The molecular weight excluding hydrogens is 456 g/mol. The molecule has 0 amide bonds. The first kappa shape index (κ1) is 24.4. The zero-order valence-electron chi connectivity index (χ0n) is 19.3. The Morgan fingerprint density at radius 1 is 0.818 bits per heavy atom. The second-order valence-corrected chi connectivity index (χ2v) is 13.3. The molecule has 180 valence electrons. The lowest BCUT2D eigenvalue weighted by Crippen LogP contribution is -2.46. The van der Waals surface area contributed by atoms with E-state index in [2.05, 4.69) is 0 Å². The molecule has 2 fully saturated rings. The van der Waals surface area contributed by atoms with E-state index in [9.17, 15) is 16.8 Å². The van der Waals surface area contributed by atoms with E-state index < -0.39 is 20.0 Å². The SMILES string of the molecule is CCN(Cc1ccccc1)S(=O)(=O)c1ccc(S(=O)(=O)N2CCCC3(CCCCC3)C2)cc1. The molecule has 1 heterocycles. The molecule has 0 bridgehead atoms. The average Bonchev–Trinajstić information content (AvgIpc) is 2.83. The summed E-state index contributed by atoms with van der Waals surface area (Å²) in [4.78, 5) is 0.280. The van der Waals surface area contributed by atoms with Crippen LogP contribution in [0.4, 0.5) is 0 Å². The quantitative estimate of drug-likeness (QED) is 0.567. The Kier molecular flexibility index (Phi) is 7.29. The third-order valence-electron chi connectivity index (χ3n) is 7.19. The maximum absolute atomic E-state index is 13.4. The fourth-order valence-corrected chi connectivity index (χ4v) is 8.34. The van der Waals surface area contributed by atoms with Crippen molar-refractivity contribution in [3.63, 3.8) is 0 Å². The van der Waals surface area contributed by atoms with E-state index in [1.165, 1.54) is 47.8 Å². The van der Waals surface area contributed by atoms with Gasteiger partial charge in [-0.1, -0.05) is 56.5 Å². The van der Waals surface area contributed by atoms with E-state index >= 15 is 0 Å². The van der Waals surface area contributed by atoms with Gasteiger partial charge in [-0.3, -0.25) is 0 Å². The van der Waals surface area contributed by atoms with E-state index in [1.807, 2.05) is 30.3 Å². The van der Waals surface area contributed by atoms with Gasteiger partial charge in [-0.2, -0.15) is 8.61 Å². The molecule has 4 rings (SSSR count). The average molecular weight is 491 g/mol. The van der Waals surface area contributed by atoms with Gasteiger partial charge in [-0.05, 0) is 60.9 Å². The zero-order valence-corrected chi connectivity index (χ0v) is 21.0. The lowest BCUT2D eigenvalue weighted by molar-refractivity contribution is 0.0965. The first-order valence-corrected chi connectivity index (χ1v) is 14.8. The van der Waals surface area contributed by atoms with E-state index in [1.54, 1.807) is 11.2 Å². The normalized spacial score (nSPS) is 19.7. The van der Waals surface area contributed by atoms with Crippen LogP contribution < -0.4 is 0 Å². The monoisotopic (exact) mass is 490 g/mol. The summed E-state index contributed by atoms with van der Waals surface area (Å²) in [6.07, 6.45) is 7.79. The third-order valence-corrected chi connectivity index (χ3v) is 11.0. The summed E-state index contributed by atoms with van der Waals surface area (Å²) < 4.78 is 56.2. The highest BCUT2D eigenvalue weighted by Gasteiger charge is 2.40. The Balaban J connectivity index is 1.53. The summed E-state index contributed by atoms with van der Waals surface area (Å²) in [5.74, 6) is 0. The molecule has 0 radical (unpaired) electrons. The van der Waals surface area contributed by atoms with Crippen LogP contribution in [0.3, 0.4) is 0 Å². The van der Waals surface area contributed by atoms with Crippen LogP contribution in [0.25, 0.3) is 0 Å². The Hall–Kier alpha value is -1.74. The second-order valence-electron chi connectivity index (χ2n) is 9.39. The Morgan fingerprint density at radius 3 is 2.06 bits per heavy atom. The Bertz CT molecular complexity index is 1140. The van der Waals surface area contributed by atoms with Crippen molar-refractivity contribution in [2.75, 3.05) is 19.6 Å². The predicted molar refractivity (Wildman–Crippen MR) is 130 cm³/mol. The van der Waals surface area contributed by atoms with Crippen LogP contribution in [0.1, 0.15) is 57.4 Å². The predicted octanol–water partition coefficient (Wildman–Crippen LogP) is 4.63. The summed E-state index contributed by atoms with van der Waals surface area (Å²) in [7, 11) is -7.38. The smallest absolute Gasteiger partial charge is 0.207 e. The van der Waals surface area contributed by atoms with Gasteiger partial charge in [-0.25, -0.2) is 16.8 Å². The van der Waals surface area contributed by atoms with Crippen LogP contribution in [0.2, 0.25) is 0 Å². The molecule has 6 nitrogen and oxygen atoms in total. The minimum absolute atomic E-state index is 0.113. The van der Waals surface area contributed by atoms with Crippen molar-refractivity contribution in [2.45, 2.75) is 68.2 Å². The molecule has 8 heteroatoms. The van der Waals surface area contributed by atoms with Crippen molar-refractivity contribution < 1.29 is 16.8 Å². The van der Waals surface area contributed by atoms with E-state index in [0.717, 1.165) is 31.2 Å². The van der Waals surface area contributed by atoms with Crippen molar-refractivity contribution in [2.24, 2.45) is 5.41 Å². The molecule has 1 saturated carbocycles. The standard InChI is InChI=1S/C25H34N2O4S2/c1-2-26(20-22-10-5-3-6-11-22)32(28,29)23-12-14-24(15-13-23)33(30,31)27-19-9-18-25(21-27)16-7-4-8-17-25/h3,5-6,10-15H,2,4,7-9,16-21H2,1H3. The molecule has 0 atom stereocenters. The van der Waals surface area contributed by atoms with Crippen molar-refractivity contribution in [1.82, 2.24) is 8.61 Å². The van der Waals surface area contributed by atoms with Gasteiger partial charge in [0, 0.05) is 26.2 Å². The summed E-state index contributed by atoms with van der Waals surface area (Å²) in [5, 5.41) is 0. The van der Waals surface area contributed by atoms with E-state index in [-0.39, 0.29) is 21.8 Å². The fraction of sp³-hybridized carbons (Fsp3) is 0.520. The molecule has 1 aliphatic carbocycles. The number of piperidine rings is 1. The van der Waals surface area contributed by atoms with Gasteiger partial charge >= 0.3 is 0 Å². The first-order chi connectivity index (χ1) is 15.8. The van der Waals surface area contributed by atoms with Crippen molar-refractivity contribution in [3.8, 4) is 0 Å². The largest absolute Gasteiger partial charge is 0.243 e. The summed E-state index contributed by atoms with van der Waals surface area (Å²) >= 11 is 0. The molecule has 1 spiro atoms. The molecule has 0 aromatic heterocycles. The van der Waals surface area contributed by atoms with Gasteiger partial charge in [0.05, 0.1) is 9.79 Å². The molecule has 0 N–H and O–H groups in total. The number of nitrogens with zero attached hydrogens (tertiary/aromatic N) is 2. The van der Waals surface area contributed by atoms with Crippen molar-refractivity contribution in [1.29, 1.82) is 0 Å². The highest BCUT2D eigenvalue weighted by molar-refractivity contribution is 7.89. The number of benzene rings is 2. The van der Waals surface area contributed by atoms with Gasteiger partial charge in [0.2, 0.25) is 20.0 Å². The number of sulfonamides is 2. The van der Waals surface area contributed by atoms with Crippen LogP contribution in [-0.4, -0.2) is 45.1 Å². The van der Waals surface area contributed by atoms with Crippen LogP contribution >= 0.6 is 0 Å². The fourth-order valence-electron chi connectivity index (χ4n) is 5.31. The van der Waals surface area contributed by atoms with Crippen molar-refractivity contribution >= 4 is 20.0 Å². The maximum atomic E-state index is 13.4. The topological polar surface area (TPSA) is 74.8 Å².